The third-order valence-corrected chi connectivity index (χ3v) is 5.66. The molecule has 0 saturated carbocycles. The van der Waals surface area contributed by atoms with Crippen molar-refractivity contribution in [2.24, 2.45) is 5.73 Å². The number of nitrogens with two attached hydrogens (primary N) is 1. The topological polar surface area (TPSA) is 69.9 Å². The zero-order valence-corrected chi connectivity index (χ0v) is 18.4. The molecule has 2 aliphatic heterocycles. The van der Waals surface area contributed by atoms with Gasteiger partial charge in [-0.2, -0.15) is 0 Å². The Kier molecular flexibility index (Phi) is 8.67. The Bertz CT molecular complexity index is 857. The minimum absolute atomic E-state index is 0. The number of carbonyl (C=O) groups is 2. The molecule has 4 rings (SSSR count). The van der Waals surface area contributed by atoms with Crippen molar-refractivity contribution in [1.82, 2.24) is 9.80 Å². The van der Waals surface area contributed by atoms with E-state index in [0.717, 1.165) is 24.2 Å². The number of para-hydroxylation sites is 1. The third-order valence-electron chi connectivity index (χ3n) is 5.66. The van der Waals surface area contributed by atoms with Gasteiger partial charge in [-0.3, -0.25) is 14.5 Å². The molecule has 2 heterocycles. The fourth-order valence-corrected chi connectivity index (χ4v) is 4.00. The second-order valence-corrected chi connectivity index (χ2v) is 7.41. The van der Waals surface area contributed by atoms with Crippen molar-refractivity contribution in [2.75, 3.05) is 44.2 Å². The highest BCUT2D eigenvalue weighted by Gasteiger charge is 2.29. The number of amides is 2. The molecule has 2 amide bonds. The first-order chi connectivity index (χ1) is 13.6. The maximum Gasteiger partial charge on any atom is 0.244 e. The second-order valence-electron chi connectivity index (χ2n) is 7.41. The molecule has 2 aliphatic rings. The molecule has 0 aliphatic carbocycles. The number of carbonyl (C=O) groups excluding carboxylic acids is 2. The van der Waals surface area contributed by atoms with Crippen LogP contribution in [0.2, 0.25) is 0 Å². The van der Waals surface area contributed by atoms with Crippen LogP contribution in [0.4, 0.5) is 5.69 Å². The predicted octanol–water partition coefficient (Wildman–Crippen LogP) is 2.26. The second kappa shape index (κ2) is 10.8. The summed E-state index contributed by atoms with van der Waals surface area (Å²) in [5, 5.41) is 0. The van der Waals surface area contributed by atoms with Gasteiger partial charge in [0.15, 0.2) is 0 Å². The Balaban J connectivity index is 0.00000160. The lowest BCUT2D eigenvalue weighted by Crippen LogP contribution is -2.53. The van der Waals surface area contributed by atoms with Gasteiger partial charge < -0.3 is 15.5 Å². The van der Waals surface area contributed by atoms with Gasteiger partial charge in [-0.1, -0.05) is 48.5 Å². The van der Waals surface area contributed by atoms with Crippen LogP contribution in [0, 0.1) is 0 Å². The first-order valence-corrected chi connectivity index (χ1v) is 9.83. The summed E-state index contributed by atoms with van der Waals surface area (Å²) < 4.78 is 0. The Morgan fingerprint density at radius 2 is 1.50 bits per heavy atom. The van der Waals surface area contributed by atoms with Gasteiger partial charge in [0.05, 0.1) is 6.54 Å². The molecule has 1 unspecified atom stereocenters. The van der Waals surface area contributed by atoms with E-state index in [1.807, 2.05) is 58.3 Å². The molecular formula is C22H28Cl2N4O2. The number of nitrogens with zero attached hydrogens (tertiary/aromatic N) is 3. The number of hydrogen-bond acceptors (Lipinski definition) is 4. The number of piperazine rings is 1. The average Bonchev–Trinajstić information content (AvgIpc) is 3.18. The standard InChI is InChI=1S/C22H26N4O2.2ClH/c23-21(18-7-2-1-3-8-18)22(28)25-14-12-24(13-15-25)16-20(27)26-11-10-17-6-4-5-9-19(17)26;;/h1-9,21H,10-16,23H2;2*1H. The summed E-state index contributed by atoms with van der Waals surface area (Å²) in [6, 6.07) is 16.9. The van der Waals surface area contributed by atoms with Gasteiger partial charge in [-0.05, 0) is 23.6 Å². The number of benzene rings is 2. The quantitative estimate of drug-likeness (QED) is 0.775. The van der Waals surface area contributed by atoms with Gasteiger partial charge in [0.2, 0.25) is 11.8 Å². The fraction of sp³-hybridized carbons (Fsp3) is 0.364. The minimum Gasteiger partial charge on any atom is -0.338 e. The highest BCUT2D eigenvalue weighted by Crippen LogP contribution is 2.27. The summed E-state index contributed by atoms with van der Waals surface area (Å²) in [4.78, 5) is 31.3. The number of rotatable bonds is 4. The Morgan fingerprint density at radius 3 is 2.20 bits per heavy atom. The van der Waals surface area contributed by atoms with Crippen molar-refractivity contribution < 1.29 is 9.59 Å². The fourth-order valence-electron chi connectivity index (χ4n) is 4.00. The summed E-state index contributed by atoms with van der Waals surface area (Å²) in [5.41, 5.74) is 9.25. The summed E-state index contributed by atoms with van der Waals surface area (Å²) in [6.07, 6.45) is 0.918. The molecule has 8 heteroatoms. The van der Waals surface area contributed by atoms with Crippen LogP contribution < -0.4 is 10.6 Å². The molecule has 2 aromatic carbocycles. The molecule has 2 aromatic rings. The zero-order valence-electron chi connectivity index (χ0n) is 16.8. The normalized spacial score (nSPS) is 16.8. The summed E-state index contributed by atoms with van der Waals surface area (Å²) >= 11 is 0. The van der Waals surface area contributed by atoms with Gasteiger partial charge in [0.1, 0.15) is 6.04 Å². The molecule has 1 saturated heterocycles. The molecule has 0 radical (unpaired) electrons. The van der Waals surface area contributed by atoms with Crippen LogP contribution in [0.3, 0.4) is 0 Å². The molecule has 0 spiro atoms. The Morgan fingerprint density at radius 1 is 0.867 bits per heavy atom. The van der Waals surface area contributed by atoms with Crippen molar-refractivity contribution in [3.63, 3.8) is 0 Å². The van der Waals surface area contributed by atoms with Crippen LogP contribution in [0.25, 0.3) is 0 Å². The van der Waals surface area contributed by atoms with Crippen LogP contribution >= 0.6 is 24.8 Å². The average molecular weight is 451 g/mol. The van der Waals surface area contributed by atoms with Gasteiger partial charge in [-0.15, -0.1) is 24.8 Å². The van der Waals surface area contributed by atoms with Crippen LogP contribution in [0.1, 0.15) is 17.2 Å². The summed E-state index contributed by atoms with van der Waals surface area (Å²) in [7, 11) is 0. The van der Waals surface area contributed by atoms with E-state index in [9.17, 15) is 9.59 Å². The predicted molar refractivity (Wildman–Crippen MR) is 123 cm³/mol. The van der Waals surface area contributed by atoms with Gasteiger partial charge in [0, 0.05) is 38.4 Å². The van der Waals surface area contributed by atoms with E-state index in [1.54, 1.807) is 0 Å². The summed E-state index contributed by atoms with van der Waals surface area (Å²) in [5.74, 6) is 0.0800. The van der Waals surface area contributed by atoms with E-state index in [0.29, 0.717) is 32.7 Å². The Labute approximate surface area is 189 Å². The molecule has 1 fully saturated rings. The lowest BCUT2D eigenvalue weighted by molar-refractivity contribution is -0.134. The zero-order chi connectivity index (χ0) is 19.5. The Hall–Kier alpha value is -2.12. The van der Waals surface area contributed by atoms with E-state index in [2.05, 4.69) is 11.0 Å². The minimum atomic E-state index is -0.629. The molecule has 162 valence electrons. The molecular weight excluding hydrogens is 423 g/mol. The first-order valence-electron chi connectivity index (χ1n) is 9.83. The van der Waals surface area contributed by atoms with Gasteiger partial charge in [0.25, 0.3) is 0 Å². The van der Waals surface area contributed by atoms with Crippen LogP contribution in [-0.4, -0.2) is 60.9 Å². The van der Waals surface area contributed by atoms with E-state index < -0.39 is 6.04 Å². The maximum atomic E-state index is 12.8. The van der Waals surface area contributed by atoms with Crippen LogP contribution in [0.15, 0.2) is 54.6 Å². The molecule has 0 aromatic heterocycles. The van der Waals surface area contributed by atoms with Crippen molar-refractivity contribution >= 4 is 42.3 Å². The number of hydrogen-bond donors (Lipinski definition) is 1. The van der Waals surface area contributed by atoms with E-state index in [4.69, 9.17) is 5.73 Å². The molecule has 2 N–H and O–H groups in total. The lowest BCUT2D eigenvalue weighted by atomic mass is 10.1. The number of anilines is 1. The molecule has 0 bridgehead atoms. The third kappa shape index (κ3) is 5.13. The van der Waals surface area contributed by atoms with Crippen molar-refractivity contribution in [1.29, 1.82) is 0 Å². The number of fused-ring (bicyclic) bond motifs is 1. The molecule has 30 heavy (non-hydrogen) atoms. The van der Waals surface area contributed by atoms with Crippen molar-refractivity contribution in [3.05, 3.63) is 65.7 Å². The lowest BCUT2D eigenvalue weighted by Gasteiger charge is -2.36. The highest BCUT2D eigenvalue weighted by molar-refractivity contribution is 5.96. The van der Waals surface area contributed by atoms with Crippen LogP contribution in [0.5, 0.6) is 0 Å². The van der Waals surface area contributed by atoms with Gasteiger partial charge in [-0.25, -0.2) is 0 Å². The monoisotopic (exact) mass is 450 g/mol. The SMILES string of the molecule is Cl.Cl.NC(C(=O)N1CCN(CC(=O)N2CCc3ccccc32)CC1)c1ccccc1. The largest absolute Gasteiger partial charge is 0.338 e. The molecule has 1 atom stereocenters. The molecule has 6 nitrogen and oxygen atoms in total. The highest BCUT2D eigenvalue weighted by atomic mass is 35.5. The van der Waals surface area contributed by atoms with Crippen LogP contribution in [-0.2, 0) is 16.0 Å². The van der Waals surface area contributed by atoms with Crippen molar-refractivity contribution in [3.8, 4) is 0 Å². The maximum absolute atomic E-state index is 12.8. The van der Waals surface area contributed by atoms with E-state index >= 15 is 0 Å². The summed E-state index contributed by atoms with van der Waals surface area (Å²) in [6.45, 7) is 3.72. The van der Waals surface area contributed by atoms with Gasteiger partial charge >= 0.3 is 0 Å². The number of halogens is 2. The smallest absolute Gasteiger partial charge is 0.244 e. The first kappa shape index (κ1) is 24.2. The van der Waals surface area contributed by atoms with E-state index in [-0.39, 0.29) is 36.6 Å². The van der Waals surface area contributed by atoms with E-state index in [1.165, 1.54) is 5.56 Å². The van der Waals surface area contributed by atoms with Crippen molar-refractivity contribution in [2.45, 2.75) is 12.5 Å².